The van der Waals surface area contributed by atoms with Crippen molar-refractivity contribution in [3.05, 3.63) is 101 Å². The van der Waals surface area contributed by atoms with Crippen molar-refractivity contribution in [2.45, 2.75) is 18.7 Å². The number of fused-ring (bicyclic) bond motifs is 3. The molecule has 2 heterocycles. The highest BCUT2D eigenvalue weighted by Crippen LogP contribution is 2.47. The molecule has 0 fully saturated rings. The highest BCUT2D eigenvalue weighted by molar-refractivity contribution is 6.01. The minimum absolute atomic E-state index is 0.116. The lowest BCUT2D eigenvalue weighted by Gasteiger charge is -2.38. The van der Waals surface area contributed by atoms with Crippen LogP contribution in [-0.2, 0) is 0 Å². The van der Waals surface area contributed by atoms with Gasteiger partial charge in [0.05, 0.1) is 11.8 Å². The first-order chi connectivity index (χ1) is 12.8. The number of nitrogens with zero attached hydrogens (tertiary/aromatic N) is 2. The van der Waals surface area contributed by atoms with Crippen molar-refractivity contribution in [2.75, 3.05) is 0 Å². The van der Waals surface area contributed by atoms with E-state index in [4.69, 9.17) is 9.84 Å². The summed E-state index contributed by atoms with van der Waals surface area (Å²) in [6.07, 6.45) is 0.504. The first-order valence-electron chi connectivity index (χ1n) is 8.72. The minimum atomic E-state index is -0.269. The first kappa shape index (κ1) is 15.1. The van der Waals surface area contributed by atoms with E-state index in [0.717, 1.165) is 34.6 Å². The molecule has 2 aliphatic rings. The van der Waals surface area contributed by atoms with Gasteiger partial charge in [-0.25, -0.2) is 9.40 Å². The molecule has 0 radical (unpaired) electrons. The molecule has 128 valence electrons. The van der Waals surface area contributed by atoms with Crippen LogP contribution in [0.15, 0.2) is 84.0 Å². The molecule has 26 heavy (non-hydrogen) atoms. The second kappa shape index (κ2) is 5.99. The number of para-hydroxylation sites is 1. The van der Waals surface area contributed by atoms with Gasteiger partial charge in [0, 0.05) is 17.5 Å². The smallest absolute Gasteiger partial charge is 0.213 e. The summed E-state index contributed by atoms with van der Waals surface area (Å²) >= 11 is 0. The van der Waals surface area contributed by atoms with E-state index < -0.39 is 0 Å². The maximum atomic E-state index is 13.3. The van der Waals surface area contributed by atoms with Crippen LogP contribution in [-0.4, -0.2) is 10.7 Å². The number of halogens is 1. The highest BCUT2D eigenvalue weighted by atomic mass is 19.1. The van der Waals surface area contributed by atoms with Gasteiger partial charge in [-0.05, 0) is 23.8 Å². The Bertz CT molecular complexity index is 969. The third-order valence-electron chi connectivity index (χ3n) is 4.96. The predicted octanol–water partition coefficient (Wildman–Crippen LogP) is 5.07. The first-order valence-corrected chi connectivity index (χ1v) is 8.72. The zero-order valence-electron chi connectivity index (χ0n) is 14.0. The van der Waals surface area contributed by atoms with Gasteiger partial charge in [-0.3, -0.25) is 0 Å². The molecule has 0 saturated carbocycles. The van der Waals surface area contributed by atoms with Crippen LogP contribution in [0.3, 0.4) is 0 Å². The Morgan fingerprint density at radius 3 is 2.42 bits per heavy atom. The van der Waals surface area contributed by atoms with Crippen molar-refractivity contribution < 1.29 is 9.13 Å². The van der Waals surface area contributed by atoms with Crippen molar-refractivity contribution in [2.24, 2.45) is 5.10 Å². The fourth-order valence-electron chi connectivity index (χ4n) is 3.69. The lowest BCUT2D eigenvalue weighted by molar-refractivity contribution is -0.0190. The summed E-state index contributed by atoms with van der Waals surface area (Å²) in [5.74, 6) is 0.666. The van der Waals surface area contributed by atoms with Gasteiger partial charge >= 0.3 is 0 Å². The molecule has 0 bridgehead atoms. The van der Waals surface area contributed by atoms with Crippen LogP contribution >= 0.6 is 0 Å². The highest BCUT2D eigenvalue weighted by Gasteiger charge is 2.40. The standard InChI is InChI=1S/C22H17FN2O/c23-17-12-10-15(11-13-17)19-14-20-18-8-4-5-9-21(18)26-22(25(20)24-19)16-6-2-1-3-7-16/h1-13,20,22H,14H2. The molecule has 0 saturated heterocycles. The number of ether oxygens (including phenoxy) is 1. The predicted molar refractivity (Wildman–Crippen MR) is 98.4 cm³/mol. The summed E-state index contributed by atoms with van der Waals surface area (Å²) in [7, 11) is 0. The molecule has 0 amide bonds. The molecule has 0 aliphatic carbocycles. The van der Waals surface area contributed by atoms with Crippen molar-refractivity contribution >= 4 is 5.71 Å². The molecule has 3 nitrogen and oxygen atoms in total. The van der Waals surface area contributed by atoms with E-state index in [-0.39, 0.29) is 18.1 Å². The average molecular weight is 344 g/mol. The SMILES string of the molecule is Fc1ccc(C2=NN3C(C2)c2ccccc2OC3c2ccccc2)cc1. The van der Waals surface area contributed by atoms with E-state index in [1.807, 2.05) is 41.4 Å². The second-order valence-corrected chi connectivity index (χ2v) is 6.57. The van der Waals surface area contributed by atoms with Gasteiger partial charge in [-0.2, -0.15) is 5.10 Å². The summed E-state index contributed by atoms with van der Waals surface area (Å²) in [6, 6.07) is 24.9. The second-order valence-electron chi connectivity index (χ2n) is 6.57. The molecule has 2 aliphatic heterocycles. The molecular formula is C22H17FN2O. The normalized spacial score (nSPS) is 20.8. The van der Waals surface area contributed by atoms with E-state index >= 15 is 0 Å². The Balaban J connectivity index is 1.59. The van der Waals surface area contributed by atoms with Crippen molar-refractivity contribution in [3.8, 4) is 5.75 Å². The number of hydrogen-bond acceptors (Lipinski definition) is 3. The van der Waals surface area contributed by atoms with Crippen LogP contribution in [0.4, 0.5) is 4.39 Å². The van der Waals surface area contributed by atoms with Gasteiger partial charge in [0.25, 0.3) is 0 Å². The van der Waals surface area contributed by atoms with Crippen LogP contribution < -0.4 is 4.74 Å². The molecule has 2 unspecified atom stereocenters. The van der Waals surface area contributed by atoms with Crippen LogP contribution in [0.25, 0.3) is 0 Å². The third kappa shape index (κ3) is 2.46. The Morgan fingerprint density at radius 2 is 1.62 bits per heavy atom. The van der Waals surface area contributed by atoms with E-state index in [2.05, 4.69) is 18.2 Å². The quantitative estimate of drug-likeness (QED) is 0.648. The lowest BCUT2D eigenvalue weighted by atomic mass is 9.96. The summed E-state index contributed by atoms with van der Waals surface area (Å²) in [5.41, 5.74) is 4.11. The molecule has 3 aromatic carbocycles. The number of benzene rings is 3. The van der Waals surface area contributed by atoms with Crippen LogP contribution in [0.2, 0.25) is 0 Å². The van der Waals surface area contributed by atoms with Crippen molar-refractivity contribution in [3.63, 3.8) is 0 Å². The monoisotopic (exact) mass is 344 g/mol. The zero-order valence-corrected chi connectivity index (χ0v) is 14.0. The maximum Gasteiger partial charge on any atom is 0.213 e. The van der Waals surface area contributed by atoms with Crippen LogP contribution in [0, 0.1) is 5.82 Å². The van der Waals surface area contributed by atoms with E-state index in [1.54, 1.807) is 12.1 Å². The average Bonchev–Trinajstić information content (AvgIpc) is 3.14. The zero-order chi connectivity index (χ0) is 17.5. The van der Waals surface area contributed by atoms with Crippen LogP contribution in [0.1, 0.15) is 35.4 Å². The molecule has 0 N–H and O–H groups in total. The van der Waals surface area contributed by atoms with E-state index in [1.165, 1.54) is 12.1 Å². The molecule has 4 heteroatoms. The number of hydrazone groups is 1. The fourth-order valence-corrected chi connectivity index (χ4v) is 3.69. The molecular weight excluding hydrogens is 327 g/mol. The van der Waals surface area contributed by atoms with Gasteiger partial charge in [0.1, 0.15) is 11.6 Å². The van der Waals surface area contributed by atoms with Gasteiger partial charge in [0.2, 0.25) is 6.23 Å². The van der Waals surface area contributed by atoms with Gasteiger partial charge in [-0.15, -0.1) is 0 Å². The van der Waals surface area contributed by atoms with E-state index in [9.17, 15) is 4.39 Å². The Morgan fingerprint density at radius 1 is 0.885 bits per heavy atom. The number of hydrogen-bond donors (Lipinski definition) is 0. The molecule has 3 aromatic rings. The van der Waals surface area contributed by atoms with Crippen molar-refractivity contribution in [1.29, 1.82) is 0 Å². The maximum absolute atomic E-state index is 13.3. The molecule has 0 aromatic heterocycles. The van der Waals surface area contributed by atoms with Gasteiger partial charge in [-0.1, -0.05) is 60.7 Å². The lowest BCUT2D eigenvalue weighted by Crippen LogP contribution is -2.33. The molecule has 2 atom stereocenters. The largest absolute Gasteiger partial charge is 0.464 e. The topological polar surface area (TPSA) is 24.8 Å². The minimum Gasteiger partial charge on any atom is -0.464 e. The fraction of sp³-hybridized carbons (Fsp3) is 0.136. The summed E-state index contributed by atoms with van der Waals surface area (Å²) in [6.45, 7) is 0. The summed E-state index contributed by atoms with van der Waals surface area (Å²) in [4.78, 5) is 0. The Kier molecular flexibility index (Phi) is 3.49. The summed E-state index contributed by atoms with van der Waals surface area (Å²) in [5, 5.41) is 6.91. The van der Waals surface area contributed by atoms with E-state index in [0.29, 0.717) is 0 Å². The van der Waals surface area contributed by atoms with Crippen LogP contribution in [0.5, 0.6) is 5.75 Å². The molecule has 0 spiro atoms. The third-order valence-corrected chi connectivity index (χ3v) is 4.96. The van der Waals surface area contributed by atoms with Gasteiger partial charge < -0.3 is 4.74 Å². The molecule has 5 rings (SSSR count). The van der Waals surface area contributed by atoms with Gasteiger partial charge in [0.15, 0.2) is 0 Å². The Hall–Kier alpha value is -3.14. The van der Waals surface area contributed by atoms with Crippen molar-refractivity contribution in [1.82, 2.24) is 5.01 Å². The summed E-state index contributed by atoms with van der Waals surface area (Å²) < 4.78 is 19.6. The number of rotatable bonds is 2. The Labute approximate surface area is 151 Å².